The van der Waals surface area contributed by atoms with Crippen molar-refractivity contribution in [1.29, 1.82) is 0 Å². The van der Waals surface area contributed by atoms with Crippen LogP contribution >= 0.6 is 0 Å². The Morgan fingerprint density at radius 3 is 2.33 bits per heavy atom. The molecular formula is C12H23NO2. The van der Waals surface area contributed by atoms with Crippen LogP contribution in [0.4, 0.5) is 0 Å². The van der Waals surface area contributed by atoms with E-state index in [2.05, 4.69) is 25.7 Å². The number of carbonyl (C=O) groups is 1. The zero-order valence-corrected chi connectivity index (χ0v) is 10.1. The molecule has 1 saturated carbocycles. The van der Waals surface area contributed by atoms with Crippen molar-refractivity contribution < 1.29 is 9.90 Å². The molecule has 0 aromatic carbocycles. The number of carboxylic acids is 1. The van der Waals surface area contributed by atoms with Gasteiger partial charge < -0.3 is 5.11 Å². The van der Waals surface area contributed by atoms with Gasteiger partial charge in [-0.1, -0.05) is 13.8 Å². The first kappa shape index (κ1) is 12.5. The fourth-order valence-corrected chi connectivity index (χ4v) is 2.31. The van der Waals surface area contributed by atoms with Gasteiger partial charge in [0.05, 0.1) is 6.54 Å². The SMILES string of the molecule is CCC(C)N(CC(=O)O)C(CC)C1CC1. The largest absolute Gasteiger partial charge is 0.480 e. The minimum Gasteiger partial charge on any atom is -0.480 e. The fraction of sp³-hybridized carbons (Fsp3) is 0.917. The van der Waals surface area contributed by atoms with Gasteiger partial charge in [-0.25, -0.2) is 0 Å². The Labute approximate surface area is 92.5 Å². The van der Waals surface area contributed by atoms with E-state index in [1.165, 1.54) is 12.8 Å². The molecule has 88 valence electrons. The minimum absolute atomic E-state index is 0.198. The van der Waals surface area contributed by atoms with Crippen molar-refractivity contribution in [1.82, 2.24) is 4.90 Å². The minimum atomic E-state index is -0.700. The molecule has 0 bridgehead atoms. The molecule has 15 heavy (non-hydrogen) atoms. The second kappa shape index (κ2) is 5.50. The zero-order chi connectivity index (χ0) is 11.4. The van der Waals surface area contributed by atoms with Crippen LogP contribution in [0, 0.1) is 5.92 Å². The number of rotatable bonds is 7. The highest BCUT2D eigenvalue weighted by Gasteiger charge is 2.36. The molecular weight excluding hydrogens is 190 g/mol. The van der Waals surface area contributed by atoms with Crippen LogP contribution in [0.5, 0.6) is 0 Å². The molecule has 3 nitrogen and oxygen atoms in total. The number of hydrogen-bond donors (Lipinski definition) is 1. The Morgan fingerprint density at radius 2 is 2.00 bits per heavy atom. The number of carboxylic acid groups (broad SMARTS) is 1. The van der Waals surface area contributed by atoms with E-state index in [9.17, 15) is 4.79 Å². The maximum absolute atomic E-state index is 10.9. The first-order chi connectivity index (χ1) is 7.10. The molecule has 0 aromatic rings. The van der Waals surface area contributed by atoms with Gasteiger partial charge >= 0.3 is 5.97 Å². The van der Waals surface area contributed by atoms with Crippen LogP contribution in [0.3, 0.4) is 0 Å². The summed E-state index contributed by atoms with van der Waals surface area (Å²) in [5, 5.41) is 8.93. The van der Waals surface area contributed by atoms with E-state index in [-0.39, 0.29) is 6.54 Å². The third kappa shape index (κ3) is 3.49. The van der Waals surface area contributed by atoms with E-state index in [1.807, 2.05) is 0 Å². The molecule has 2 unspecified atom stereocenters. The summed E-state index contributed by atoms with van der Waals surface area (Å²) in [6.45, 7) is 6.62. The summed E-state index contributed by atoms with van der Waals surface area (Å²) in [7, 11) is 0. The van der Waals surface area contributed by atoms with Gasteiger partial charge in [-0.05, 0) is 38.5 Å². The summed E-state index contributed by atoms with van der Waals surface area (Å²) >= 11 is 0. The molecule has 0 saturated heterocycles. The summed E-state index contributed by atoms with van der Waals surface area (Å²) in [5.74, 6) is 0.0535. The van der Waals surface area contributed by atoms with Crippen LogP contribution in [0.25, 0.3) is 0 Å². The molecule has 1 aliphatic rings. The maximum Gasteiger partial charge on any atom is 0.317 e. The molecule has 0 amide bonds. The summed E-state index contributed by atoms with van der Waals surface area (Å²) < 4.78 is 0. The molecule has 0 aliphatic heterocycles. The highest BCUT2D eigenvalue weighted by molar-refractivity contribution is 5.69. The van der Waals surface area contributed by atoms with Crippen LogP contribution in [0.2, 0.25) is 0 Å². The molecule has 1 aliphatic carbocycles. The third-order valence-electron chi connectivity index (χ3n) is 3.49. The predicted molar refractivity (Wildman–Crippen MR) is 60.9 cm³/mol. The molecule has 0 aromatic heterocycles. The lowest BCUT2D eigenvalue weighted by atomic mass is 10.0. The van der Waals surface area contributed by atoms with Gasteiger partial charge in [0, 0.05) is 12.1 Å². The van der Waals surface area contributed by atoms with Crippen molar-refractivity contribution in [3.63, 3.8) is 0 Å². The van der Waals surface area contributed by atoms with E-state index in [0.717, 1.165) is 18.8 Å². The van der Waals surface area contributed by atoms with Crippen molar-refractivity contribution in [2.75, 3.05) is 6.54 Å². The highest BCUT2D eigenvalue weighted by Crippen LogP contribution is 2.37. The third-order valence-corrected chi connectivity index (χ3v) is 3.49. The van der Waals surface area contributed by atoms with Gasteiger partial charge in [-0.3, -0.25) is 9.69 Å². The number of nitrogens with zero attached hydrogens (tertiary/aromatic N) is 1. The second-order valence-electron chi connectivity index (χ2n) is 4.64. The smallest absolute Gasteiger partial charge is 0.317 e. The van der Waals surface area contributed by atoms with E-state index in [0.29, 0.717) is 12.1 Å². The monoisotopic (exact) mass is 213 g/mol. The van der Waals surface area contributed by atoms with Gasteiger partial charge in [-0.2, -0.15) is 0 Å². The molecule has 2 atom stereocenters. The fourth-order valence-electron chi connectivity index (χ4n) is 2.31. The molecule has 0 radical (unpaired) electrons. The van der Waals surface area contributed by atoms with Crippen molar-refractivity contribution in [2.24, 2.45) is 5.92 Å². The van der Waals surface area contributed by atoms with Gasteiger partial charge in [0.15, 0.2) is 0 Å². The average molecular weight is 213 g/mol. The van der Waals surface area contributed by atoms with Crippen LogP contribution in [0.1, 0.15) is 46.5 Å². The van der Waals surface area contributed by atoms with Gasteiger partial charge in [0.1, 0.15) is 0 Å². The summed E-state index contributed by atoms with van der Waals surface area (Å²) in [4.78, 5) is 13.0. The van der Waals surface area contributed by atoms with Crippen LogP contribution in [-0.2, 0) is 4.79 Å². The lowest BCUT2D eigenvalue weighted by molar-refractivity contribution is -0.139. The lowest BCUT2D eigenvalue weighted by Crippen LogP contribution is -2.45. The second-order valence-corrected chi connectivity index (χ2v) is 4.64. The van der Waals surface area contributed by atoms with E-state index >= 15 is 0 Å². The Kier molecular flexibility index (Phi) is 4.58. The van der Waals surface area contributed by atoms with Gasteiger partial charge in [0.2, 0.25) is 0 Å². The summed E-state index contributed by atoms with van der Waals surface area (Å²) in [6, 6.07) is 0.864. The van der Waals surface area contributed by atoms with E-state index < -0.39 is 5.97 Å². The maximum atomic E-state index is 10.9. The Morgan fingerprint density at radius 1 is 1.40 bits per heavy atom. The molecule has 1 fully saturated rings. The van der Waals surface area contributed by atoms with Crippen LogP contribution in [-0.4, -0.2) is 34.6 Å². The standard InChI is InChI=1S/C12H23NO2/c1-4-9(3)13(8-12(14)15)11(5-2)10-6-7-10/h9-11H,4-8H2,1-3H3,(H,14,15). The molecule has 1 rings (SSSR count). The Bertz CT molecular complexity index is 214. The highest BCUT2D eigenvalue weighted by atomic mass is 16.4. The quantitative estimate of drug-likeness (QED) is 0.705. The van der Waals surface area contributed by atoms with Crippen LogP contribution in [0.15, 0.2) is 0 Å². The van der Waals surface area contributed by atoms with Crippen molar-refractivity contribution in [3.05, 3.63) is 0 Å². The van der Waals surface area contributed by atoms with E-state index in [4.69, 9.17) is 5.11 Å². The first-order valence-electron chi connectivity index (χ1n) is 6.07. The molecule has 3 heteroatoms. The topological polar surface area (TPSA) is 40.5 Å². The van der Waals surface area contributed by atoms with Gasteiger partial charge in [-0.15, -0.1) is 0 Å². The number of aliphatic carboxylic acids is 1. The van der Waals surface area contributed by atoms with Crippen molar-refractivity contribution in [3.8, 4) is 0 Å². The lowest BCUT2D eigenvalue weighted by Gasteiger charge is -2.34. The first-order valence-corrected chi connectivity index (χ1v) is 6.07. The average Bonchev–Trinajstić information content (AvgIpc) is 3.00. The molecule has 0 heterocycles. The zero-order valence-electron chi connectivity index (χ0n) is 10.1. The van der Waals surface area contributed by atoms with Crippen molar-refractivity contribution >= 4 is 5.97 Å². The molecule has 0 spiro atoms. The Hall–Kier alpha value is -0.570. The predicted octanol–water partition coefficient (Wildman–Crippen LogP) is 2.36. The van der Waals surface area contributed by atoms with Crippen LogP contribution < -0.4 is 0 Å². The Balaban J connectivity index is 2.63. The molecule has 1 N–H and O–H groups in total. The van der Waals surface area contributed by atoms with E-state index in [1.54, 1.807) is 0 Å². The normalized spacial score (nSPS) is 20.3. The van der Waals surface area contributed by atoms with Crippen molar-refractivity contribution in [2.45, 2.75) is 58.5 Å². The summed E-state index contributed by atoms with van der Waals surface area (Å²) in [6.07, 6.45) is 4.66. The number of hydrogen-bond acceptors (Lipinski definition) is 2. The van der Waals surface area contributed by atoms with Gasteiger partial charge in [0.25, 0.3) is 0 Å². The summed E-state index contributed by atoms with van der Waals surface area (Å²) in [5.41, 5.74) is 0.